The number of halogens is 2. The summed E-state index contributed by atoms with van der Waals surface area (Å²) < 4.78 is 30.5. The molecule has 0 unspecified atom stereocenters. The minimum absolute atomic E-state index is 0.235. The van der Waals surface area contributed by atoms with Crippen LogP contribution in [0.2, 0.25) is 0 Å². The lowest BCUT2D eigenvalue weighted by molar-refractivity contribution is -0.199. The van der Waals surface area contributed by atoms with Crippen molar-refractivity contribution < 1.29 is 13.5 Å². The normalized spacial score (nSPS) is 29.6. The first-order valence-electron chi connectivity index (χ1n) is 5.68. The van der Waals surface area contributed by atoms with Crippen molar-refractivity contribution in [3.05, 3.63) is 0 Å². The van der Waals surface area contributed by atoms with Crippen LogP contribution in [0.1, 0.15) is 20.3 Å². The van der Waals surface area contributed by atoms with Crippen molar-refractivity contribution in [1.82, 2.24) is 4.90 Å². The maximum atomic E-state index is 12.7. The Balaban J connectivity index is 0.000000531. The molecule has 2 rings (SSSR count). The molecule has 15 heavy (non-hydrogen) atoms. The van der Waals surface area contributed by atoms with Crippen molar-refractivity contribution in [2.24, 2.45) is 11.3 Å². The van der Waals surface area contributed by atoms with E-state index in [-0.39, 0.29) is 5.41 Å². The molecule has 2 heterocycles. The Bertz CT molecular complexity index is 195. The summed E-state index contributed by atoms with van der Waals surface area (Å²) in [5, 5.41) is 0. The van der Waals surface area contributed by atoms with Crippen molar-refractivity contribution in [2.45, 2.75) is 26.7 Å². The molecule has 90 valence electrons. The molecule has 0 radical (unpaired) electrons. The van der Waals surface area contributed by atoms with E-state index in [0.29, 0.717) is 19.6 Å². The molecule has 0 aliphatic carbocycles. The van der Waals surface area contributed by atoms with E-state index in [1.165, 1.54) is 0 Å². The van der Waals surface area contributed by atoms with Crippen molar-refractivity contribution in [1.29, 1.82) is 0 Å². The molecule has 0 N–H and O–H groups in total. The third-order valence-corrected chi connectivity index (χ3v) is 3.28. The Morgan fingerprint density at radius 3 is 2.33 bits per heavy atom. The zero-order chi connectivity index (χ0) is 11.5. The van der Waals surface area contributed by atoms with Crippen LogP contribution in [-0.2, 0) is 4.74 Å². The molecule has 2 aliphatic rings. The van der Waals surface area contributed by atoms with E-state index in [4.69, 9.17) is 4.74 Å². The van der Waals surface area contributed by atoms with Crippen molar-refractivity contribution >= 4 is 0 Å². The molecule has 2 nitrogen and oxygen atoms in total. The first kappa shape index (κ1) is 12.8. The van der Waals surface area contributed by atoms with Gasteiger partial charge in [0.05, 0.1) is 13.2 Å². The molecule has 1 atom stereocenters. The second kappa shape index (κ2) is 5.21. The summed E-state index contributed by atoms with van der Waals surface area (Å²) in [6, 6.07) is 0. The average molecular weight is 221 g/mol. The molecule has 2 aliphatic heterocycles. The monoisotopic (exact) mass is 221 g/mol. The topological polar surface area (TPSA) is 12.5 Å². The van der Waals surface area contributed by atoms with Crippen LogP contribution in [0.3, 0.4) is 0 Å². The number of alkyl halides is 2. The maximum absolute atomic E-state index is 12.7. The quantitative estimate of drug-likeness (QED) is 0.673. The highest BCUT2D eigenvalue weighted by atomic mass is 19.3. The molecule has 0 bridgehead atoms. The van der Waals surface area contributed by atoms with Gasteiger partial charge in [-0.1, -0.05) is 13.8 Å². The van der Waals surface area contributed by atoms with Gasteiger partial charge in [-0.15, -0.1) is 0 Å². The van der Waals surface area contributed by atoms with E-state index in [0.717, 1.165) is 13.1 Å². The first-order chi connectivity index (χ1) is 7.14. The molecular formula is C11H21F2NO. The lowest BCUT2D eigenvalue weighted by Gasteiger charge is -2.52. The number of piperidine rings is 1. The second-order valence-corrected chi connectivity index (χ2v) is 4.32. The highest BCUT2D eigenvalue weighted by Crippen LogP contribution is 2.44. The van der Waals surface area contributed by atoms with Crippen LogP contribution in [0, 0.1) is 11.3 Å². The molecular weight excluding hydrogens is 200 g/mol. The number of nitrogens with zero attached hydrogens (tertiary/aromatic N) is 1. The lowest BCUT2D eigenvalue weighted by Crippen LogP contribution is -2.60. The van der Waals surface area contributed by atoms with E-state index in [2.05, 4.69) is 4.90 Å². The predicted molar refractivity (Wildman–Crippen MR) is 56.2 cm³/mol. The van der Waals surface area contributed by atoms with Gasteiger partial charge in [0.15, 0.2) is 0 Å². The molecule has 2 saturated heterocycles. The van der Waals surface area contributed by atoms with E-state index in [9.17, 15) is 8.78 Å². The molecule has 1 spiro atoms. The highest BCUT2D eigenvalue weighted by Gasteiger charge is 2.51. The van der Waals surface area contributed by atoms with Crippen LogP contribution in [-0.4, -0.2) is 44.7 Å². The first-order valence-corrected chi connectivity index (χ1v) is 5.68. The molecule has 0 amide bonds. The highest BCUT2D eigenvalue weighted by molar-refractivity contribution is 4.98. The summed E-state index contributed by atoms with van der Waals surface area (Å²) in [7, 11) is 1.99. The number of rotatable bonds is 1. The Kier molecular flexibility index (Phi) is 4.46. The molecule has 2 fully saturated rings. The predicted octanol–water partition coefficient (Wildman–Crippen LogP) is 2.25. The standard InChI is InChI=1S/C9H15F2NO.C2H6/c1-12-3-2-7(8(10)11)9(4-12)5-13-6-9;1-2/h7-8H,2-6H2,1H3;1-2H3/t7-;/m0./s1. The van der Waals surface area contributed by atoms with Crippen LogP contribution in [0.15, 0.2) is 0 Å². The van der Waals surface area contributed by atoms with Gasteiger partial charge in [0.1, 0.15) is 0 Å². The fraction of sp³-hybridized carbons (Fsp3) is 1.00. The van der Waals surface area contributed by atoms with Crippen LogP contribution < -0.4 is 0 Å². The fourth-order valence-corrected chi connectivity index (χ4v) is 2.46. The van der Waals surface area contributed by atoms with Crippen LogP contribution in [0.4, 0.5) is 8.78 Å². The van der Waals surface area contributed by atoms with Crippen molar-refractivity contribution in [3.63, 3.8) is 0 Å². The number of hydrogen-bond donors (Lipinski definition) is 0. The summed E-state index contributed by atoms with van der Waals surface area (Å²) in [6.07, 6.45) is -1.57. The van der Waals surface area contributed by atoms with E-state index in [1.54, 1.807) is 0 Å². The van der Waals surface area contributed by atoms with E-state index >= 15 is 0 Å². The van der Waals surface area contributed by atoms with E-state index in [1.807, 2.05) is 20.9 Å². The van der Waals surface area contributed by atoms with Gasteiger partial charge in [-0.3, -0.25) is 0 Å². The fourth-order valence-electron chi connectivity index (χ4n) is 2.46. The minimum atomic E-state index is -2.18. The SMILES string of the molecule is CC.CN1CC[C@@H](C(F)F)C2(COC2)C1. The van der Waals surface area contributed by atoms with Crippen LogP contribution in [0.25, 0.3) is 0 Å². The summed E-state index contributed by atoms with van der Waals surface area (Å²) in [4.78, 5) is 2.13. The second-order valence-electron chi connectivity index (χ2n) is 4.32. The van der Waals surface area contributed by atoms with Gasteiger partial charge in [0.2, 0.25) is 6.43 Å². The number of hydrogen-bond acceptors (Lipinski definition) is 2. The largest absolute Gasteiger partial charge is 0.380 e. The third kappa shape index (κ3) is 2.48. The zero-order valence-corrected chi connectivity index (χ0v) is 9.80. The van der Waals surface area contributed by atoms with Gasteiger partial charge in [-0.2, -0.15) is 0 Å². The molecule has 4 heteroatoms. The van der Waals surface area contributed by atoms with Crippen LogP contribution in [0.5, 0.6) is 0 Å². The smallest absolute Gasteiger partial charge is 0.242 e. The van der Waals surface area contributed by atoms with Crippen molar-refractivity contribution in [2.75, 3.05) is 33.4 Å². The van der Waals surface area contributed by atoms with Gasteiger partial charge in [0.25, 0.3) is 0 Å². The Morgan fingerprint density at radius 1 is 1.33 bits per heavy atom. The number of likely N-dealkylation sites (tertiary alicyclic amines) is 1. The summed E-state index contributed by atoms with van der Waals surface area (Å²) in [6.45, 7) is 6.59. The van der Waals surface area contributed by atoms with Crippen molar-refractivity contribution in [3.8, 4) is 0 Å². The van der Waals surface area contributed by atoms with Gasteiger partial charge in [-0.05, 0) is 20.0 Å². The number of ether oxygens (including phenoxy) is 1. The Hall–Kier alpha value is -0.220. The van der Waals surface area contributed by atoms with E-state index < -0.39 is 12.3 Å². The summed E-state index contributed by atoms with van der Waals surface area (Å²) >= 11 is 0. The summed E-state index contributed by atoms with van der Waals surface area (Å²) in [5.74, 6) is -0.447. The molecule has 0 aromatic heterocycles. The van der Waals surface area contributed by atoms with Gasteiger partial charge in [0, 0.05) is 17.9 Å². The Labute approximate surface area is 90.6 Å². The summed E-state index contributed by atoms with van der Waals surface area (Å²) in [5.41, 5.74) is -0.235. The van der Waals surface area contributed by atoms with Gasteiger partial charge < -0.3 is 9.64 Å². The minimum Gasteiger partial charge on any atom is -0.380 e. The molecule has 0 aromatic carbocycles. The zero-order valence-electron chi connectivity index (χ0n) is 9.80. The molecule has 0 saturated carbocycles. The molecule has 0 aromatic rings. The lowest BCUT2D eigenvalue weighted by atomic mass is 9.69. The van der Waals surface area contributed by atoms with Gasteiger partial charge in [-0.25, -0.2) is 8.78 Å². The third-order valence-electron chi connectivity index (χ3n) is 3.28. The average Bonchev–Trinajstić information content (AvgIpc) is 2.18. The van der Waals surface area contributed by atoms with Crippen LogP contribution >= 0.6 is 0 Å². The Morgan fingerprint density at radius 2 is 1.93 bits per heavy atom. The maximum Gasteiger partial charge on any atom is 0.242 e. The van der Waals surface area contributed by atoms with Gasteiger partial charge >= 0.3 is 0 Å².